The second-order valence-electron chi connectivity index (χ2n) is 5.92. The van der Waals surface area contributed by atoms with E-state index < -0.39 is 12.1 Å². The number of ether oxygens (including phenoxy) is 1. The van der Waals surface area contributed by atoms with Gasteiger partial charge >= 0.3 is 6.09 Å². The topological polar surface area (TPSA) is 125 Å². The van der Waals surface area contributed by atoms with Crippen LogP contribution in [-0.4, -0.2) is 78.0 Å². The summed E-state index contributed by atoms with van der Waals surface area (Å²) < 4.78 is 5.08. The Morgan fingerprint density at radius 2 is 2.00 bits per heavy atom. The molecular weight excluding hydrogens is 370 g/mol. The molecule has 0 saturated carbocycles. The van der Waals surface area contributed by atoms with Crippen molar-refractivity contribution in [3.63, 3.8) is 0 Å². The summed E-state index contributed by atoms with van der Waals surface area (Å²) in [5, 5.41) is 21.0. The molecule has 0 aliphatic heterocycles. The van der Waals surface area contributed by atoms with Crippen molar-refractivity contribution in [1.29, 1.82) is 0 Å². The Balaban J connectivity index is 2.29. The quantitative estimate of drug-likeness (QED) is 0.405. The first-order valence-electron chi connectivity index (χ1n) is 8.80. The molecule has 0 aliphatic rings. The summed E-state index contributed by atoms with van der Waals surface area (Å²) in [4.78, 5) is 25.4. The molecule has 152 valence electrons. The van der Waals surface area contributed by atoms with Crippen LogP contribution in [0.4, 0.5) is 4.79 Å². The van der Waals surface area contributed by atoms with Gasteiger partial charge < -0.3 is 30.9 Å². The van der Waals surface area contributed by atoms with E-state index in [1.807, 2.05) is 6.26 Å². The first kappa shape index (κ1) is 23.1. The first-order valence-corrected chi connectivity index (χ1v) is 10.2. The summed E-state index contributed by atoms with van der Waals surface area (Å²) in [6.07, 6.45) is 2.53. The zero-order valence-corrected chi connectivity index (χ0v) is 16.4. The van der Waals surface area contributed by atoms with E-state index in [2.05, 4.69) is 5.32 Å². The van der Waals surface area contributed by atoms with Gasteiger partial charge in [0.2, 0.25) is 5.91 Å². The van der Waals surface area contributed by atoms with Crippen molar-refractivity contribution in [3.8, 4) is 5.75 Å². The lowest BCUT2D eigenvalue weighted by Crippen LogP contribution is -2.46. The van der Waals surface area contributed by atoms with Crippen LogP contribution in [0.15, 0.2) is 24.3 Å². The fraction of sp³-hybridized carbons (Fsp3) is 0.556. The summed E-state index contributed by atoms with van der Waals surface area (Å²) in [6, 6.07) is 6.11. The van der Waals surface area contributed by atoms with Crippen molar-refractivity contribution < 1.29 is 24.5 Å². The minimum atomic E-state index is -0.622. The van der Waals surface area contributed by atoms with Crippen molar-refractivity contribution in [2.75, 3.05) is 44.9 Å². The van der Waals surface area contributed by atoms with E-state index in [9.17, 15) is 14.7 Å². The lowest BCUT2D eigenvalue weighted by molar-refractivity contribution is -0.133. The minimum absolute atomic E-state index is 0.0199. The number of alkyl carbamates (subject to hydrolysis) is 1. The van der Waals surface area contributed by atoms with Crippen molar-refractivity contribution in [3.05, 3.63) is 29.8 Å². The fourth-order valence-corrected chi connectivity index (χ4v) is 2.82. The predicted molar refractivity (Wildman–Crippen MR) is 106 cm³/mol. The first-order chi connectivity index (χ1) is 13.0. The Bertz CT molecular complexity index is 571. The molecule has 0 radical (unpaired) electrons. The van der Waals surface area contributed by atoms with Crippen molar-refractivity contribution in [2.24, 2.45) is 5.73 Å². The molecule has 2 amide bonds. The smallest absolute Gasteiger partial charge is 0.407 e. The van der Waals surface area contributed by atoms with Crippen LogP contribution in [0.5, 0.6) is 5.75 Å². The van der Waals surface area contributed by atoms with Gasteiger partial charge in [0.1, 0.15) is 12.4 Å². The van der Waals surface area contributed by atoms with E-state index in [-0.39, 0.29) is 38.0 Å². The van der Waals surface area contributed by atoms with Gasteiger partial charge in [0, 0.05) is 13.1 Å². The van der Waals surface area contributed by atoms with E-state index in [0.717, 1.165) is 11.3 Å². The van der Waals surface area contributed by atoms with Crippen LogP contribution >= 0.6 is 11.8 Å². The molecular formula is C18H29N3O5S. The molecule has 0 saturated heterocycles. The van der Waals surface area contributed by atoms with Crippen molar-refractivity contribution in [2.45, 2.75) is 18.9 Å². The zero-order chi connectivity index (χ0) is 20.1. The van der Waals surface area contributed by atoms with Crippen LogP contribution in [0.25, 0.3) is 0 Å². The van der Waals surface area contributed by atoms with E-state index in [0.29, 0.717) is 19.4 Å². The Labute approximate surface area is 164 Å². The Kier molecular flexibility index (Phi) is 11.3. The molecule has 27 heavy (non-hydrogen) atoms. The van der Waals surface area contributed by atoms with E-state index in [1.54, 1.807) is 36.0 Å². The number of rotatable bonds is 12. The van der Waals surface area contributed by atoms with Crippen LogP contribution in [0, 0.1) is 0 Å². The molecule has 0 heterocycles. The Morgan fingerprint density at radius 1 is 1.30 bits per heavy atom. The number of aliphatic hydroxyl groups is 1. The largest absolute Gasteiger partial charge is 0.508 e. The Morgan fingerprint density at radius 3 is 2.63 bits per heavy atom. The van der Waals surface area contributed by atoms with Gasteiger partial charge in [-0.25, -0.2) is 4.79 Å². The maximum atomic E-state index is 12.3. The number of benzene rings is 1. The number of hydrogen-bond acceptors (Lipinski definition) is 7. The highest BCUT2D eigenvalue weighted by Gasteiger charge is 2.20. The number of amides is 2. The molecule has 5 N–H and O–H groups in total. The number of nitrogens with two attached hydrogens (primary N) is 1. The summed E-state index contributed by atoms with van der Waals surface area (Å²) in [6.45, 7) is 0.559. The van der Waals surface area contributed by atoms with E-state index in [1.165, 1.54) is 4.90 Å². The van der Waals surface area contributed by atoms with Crippen LogP contribution in [-0.2, 0) is 16.0 Å². The Hall–Kier alpha value is -1.97. The van der Waals surface area contributed by atoms with Crippen LogP contribution in [0.3, 0.4) is 0 Å². The number of carbonyl (C=O) groups excluding carboxylic acids is 2. The van der Waals surface area contributed by atoms with Gasteiger partial charge in [-0.1, -0.05) is 12.1 Å². The average molecular weight is 400 g/mol. The molecule has 1 aromatic carbocycles. The zero-order valence-electron chi connectivity index (χ0n) is 15.6. The number of aromatic hydroxyl groups is 1. The molecule has 0 unspecified atom stereocenters. The molecule has 0 aromatic heterocycles. The van der Waals surface area contributed by atoms with Gasteiger partial charge in [0.15, 0.2) is 0 Å². The number of phenolic OH excluding ortho intramolecular Hbond substituents is 1. The summed E-state index contributed by atoms with van der Waals surface area (Å²) in [5.74, 6) is 0.718. The number of nitrogens with zero attached hydrogens (tertiary/aromatic N) is 1. The number of carbonyl (C=O) groups is 2. The van der Waals surface area contributed by atoms with E-state index in [4.69, 9.17) is 15.6 Å². The van der Waals surface area contributed by atoms with Crippen molar-refractivity contribution in [1.82, 2.24) is 10.2 Å². The highest BCUT2D eigenvalue weighted by Crippen LogP contribution is 2.09. The average Bonchev–Trinajstić information content (AvgIpc) is 2.66. The van der Waals surface area contributed by atoms with Gasteiger partial charge in [-0.2, -0.15) is 11.8 Å². The third kappa shape index (κ3) is 9.50. The summed E-state index contributed by atoms with van der Waals surface area (Å²) >= 11 is 1.61. The summed E-state index contributed by atoms with van der Waals surface area (Å²) in [5.41, 5.74) is 6.85. The lowest BCUT2D eigenvalue weighted by Gasteiger charge is -2.24. The highest BCUT2D eigenvalue weighted by molar-refractivity contribution is 7.98. The SMILES string of the molecule is CSCC[C@H](N)C(=O)N(CCO)CCOC(=O)NCCc1ccc(O)cc1. The third-order valence-corrected chi connectivity index (χ3v) is 4.49. The maximum Gasteiger partial charge on any atom is 0.407 e. The number of hydrogen-bond donors (Lipinski definition) is 4. The van der Waals surface area contributed by atoms with Gasteiger partial charge in [0.25, 0.3) is 0 Å². The van der Waals surface area contributed by atoms with Gasteiger partial charge in [0.05, 0.1) is 19.2 Å². The molecule has 1 rings (SSSR count). The van der Waals surface area contributed by atoms with Crippen LogP contribution in [0.2, 0.25) is 0 Å². The van der Waals surface area contributed by atoms with Gasteiger partial charge in [-0.05, 0) is 42.5 Å². The molecule has 0 aliphatic carbocycles. The number of phenols is 1. The molecule has 0 fully saturated rings. The molecule has 8 nitrogen and oxygen atoms in total. The normalized spacial score (nSPS) is 11.7. The molecule has 0 spiro atoms. The number of aliphatic hydroxyl groups excluding tert-OH is 1. The third-order valence-electron chi connectivity index (χ3n) is 3.85. The molecule has 1 aromatic rings. The van der Waals surface area contributed by atoms with Crippen LogP contribution in [0.1, 0.15) is 12.0 Å². The number of nitrogens with one attached hydrogen (secondary N) is 1. The number of thioether (sulfide) groups is 1. The second kappa shape index (κ2) is 13.2. The molecule has 0 bridgehead atoms. The van der Waals surface area contributed by atoms with Gasteiger partial charge in [-0.15, -0.1) is 0 Å². The maximum absolute atomic E-state index is 12.3. The molecule has 1 atom stereocenters. The predicted octanol–water partition coefficient (Wildman–Crippen LogP) is 0.562. The lowest BCUT2D eigenvalue weighted by atomic mass is 10.1. The summed E-state index contributed by atoms with van der Waals surface area (Å²) in [7, 11) is 0. The van der Waals surface area contributed by atoms with Crippen molar-refractivity contribution >= 4 is 23.8 Å². The molecule has 9 heteroatoms. The van der Waals surface area contributed by atoms with Gasteiger partial charge in [-0.3, -0.25) is 4.79 Å². The monoisotopic (exact) mass is 399 g/mol. The van der Waals surface area contributed by atoms with Crippen LogP contribution < -0.4 is 11.1 Å². The fourth-order valence-electron chi connectivity index (χ4n) is 2.33. The highest BCUT2D eigenvalue weighted by atomic mass is 32.2. The second-order valence-corrected chi connectivity index (χ2v) is 6.90. The minimum Gasteiger partial charge on any atom is -0.508 e. The van der Waals surface area contributed by atoms with E-state index >= 15 is 0 Å². The standard InChI is InChI=1S/C18H29N3O5S/c1-27-13-7-16(19)17(24)21(9-11-22)10-12-26-18(25)20-8-6-14-2-4-15(23)5-3-14/h2-5,16,22-23H,6-13,19H2,1H3,(H,20,25)/t16-/m0/s1.